The van der Waals surface area contributed by atoms with Gasteiger partial charge >= 0.3 is 12.1 Å². The van der Waals surface area contributed by atoms with Gasteiger partial charge in [0, 0.05) is 31.2 Å². The second-order valence-electron chi connectivity index (χ2n) is 6.23. The molecule has 1 fully saturated rings. The number of carbonyl (C=O) groups is 2. The zero-order valence-electron chi connectivity index (χ0n) is 13.1. The monoisotopic (exact) mass is 344 g/mol. The van der Waals surface area contributed by atoms with E-state index in [1.807, 2.05) is 12.2 Å². The first-order valence-corrected chi connectivity index (χ1v) is 8.11. The fourth-order valence-electron chi connectivity index (χ4n) is 3.48. The minimum absolute atomic E-state index is 0.0611. The van der Waals surface area contributed by atoms with Gasteiger partial charge in [0.25, 0.3) is 0 Å². The summed E-state index contributed by atoms with van der Waals surface area (Å²) in [6, 6.07) is -0.0635. The molecule has 3 rings (SSSR count). The SMILES string of the molecule is O=C1CCC2=C(C=CCC2)N1C1CCN(OC(=O)C(F)(F)F)CC1. The Kier molecular flexibility index (Phi) is 4.67. The quantitative estimate of drug-likeness (QED) is 0.773. The smallest absolute Gasteiger partial charge is 0.361 e. The summed E-state index contributed by atoms with van der Waals surface area (Å²) in [6.45, 7) is 0.366. The molecular formula is C16H19F3N2O3. The van der Waals surface area contributed by atoms with E-state index in [0.717, 1.165) is 30.0 Å². The molecular weight excluding hydrogens is 325 g/mol. The molecule has 0 bridgehead atoms. The number of allylic oxidation sites excluding steroid dienone is 3. The van der Waals surface area contributed by atoms with Gasteiger partial charge < -0.3 is 9.74 Å². The Balaban J connectivity index is 1.63. The van der Waals surface area contributed by atoms with Crippen LogP contribution in [0.2, 0.25) is 0 Å². The summed E-state index contributed by atoms with van der Waals surface area (Å²) in [6.07, 6.45) is 3.18. The largest absolute Gasteiger partial charge is 0.492 e. The second-order valence-corrected chi connectivity index (χ2v) is 6.23. The summed E-state index contributed by atoms with van der Waals surface area (Å²) in [7, 11) is 0. The van der Waals surface area contributed by atoms with Crippen molar-refractivity contribution in [1.82, 2.24) is 9.96 Å². The lowest BCUT2D eigenvalue weighted by molar-refractivity contribution is -0.242. The van der Waals surface area contributed by atoms with E-state index < -0.39 is 12.1 Å². The van der Waals surface area contributed by atoms with Crippen molar-refractivity contribution in [3.05, 3.63) is 23.4 Å². The molecule has 5 nitrogen and oxygen atoms in total. The minimum atomic E-state index is -4.99. The van der Waals surface area contributed by atoms with Crippen LogP contribution in [-0.2, 0) is 14.4 Å². The molecule has 0 N–H and O–H groups in total. The fourth-order valence-corrected chi connectivity index (χ4v) is 3.48. The van der Waals surface area contributed by atoms with Crippen molar-refractivity contribution >= 4 is 11.9 Å². The maximum atomic E-state index is 12.3. The van der Waals surface area contributed by atoms with Gasteiger partial charge in [0.15, 0.2) is 0 Å². The van der Waals surface area contributed by atoms with E-state index in [9.17, 15) is 22.8 Å². The lowest BCUT2D eigenvalue weighted by atomic mass is 9.90. The van der Waals surface area contributed by atoms with E-state index in [4.69, 9.17) is 0 Å². The maximum Gasteiger partial charge on any atom is 0.492 e. The summed E-state index contributed by atoms with van der Waals surface area (Å²) in [5, 5.41) is 1.03. The number of amides is 1. The lowest BCUT2D eigenvalue weighted by Gasteiger charge is -2.41. The minimum Gasteiger partial charge on any atom is -0.361 e. The van der Waals surface area contributed by atoms with Gasteiger partial charge in [-0.3, -0.25) is 4.79 Å². The number of piperidine rings is 1. The molecule has 2 heterocycles. The molecule has 8 heteroatoms. The third-order valence-corrected chi connectivity index (χ3v) is 4.65. The maximum absolute atomic E-state index is 12.3. The molecule has 0 aromatic rings. The van der Waals surface area contributed by atoms with Gasteiger partial charge in [0.1, 0.15) is 0 Å². The van der Waals surface area contributed by atoms with Crippen LogP contribution in [-0.4, -0.2) is 47.1 Å². The molecule has 132 valence electrons. The van der Waals surface area contributed by atoms with Crippen molar-refractivity contribution in [3.63, 3.8) is 0 Å². The second kappa shape index (κ2) is 6.58. The van der Waals surface area contributed by atoms with E-state index in [2.05, 4.69) is 4.84 Å². The molecule has 3 aliphatic rings. The van der Waals surface area contributed by atoms with Crippen molar-refractivity contribution in [2.75, 3.05) is 13.1 Å². The van der Waals surface area contributed by atoms with Gasteiger partial charge in [0.2, 0.25) is 5.91 Å². The molecule has 1 amide bonds. The molecule has 0 spiro atoms. The lowest BCUT2D eigenvalue weighted by Crippen LogP contribution is -2.49. The highest BCUT2D eigenvalue weighted by molar-refractivity contribution is 5.81. The Hall–Kier alpha value is -1.83. The number of alkyl halides is 3. The van der Waals surface area contributed by atoms with Gasteiger partial charge in [-0.05, 0) is 43.8 Å². The average molecular weight is 344 g/mol. The molecule has 2 aliphatic heterocycles. The summed E-state index contributed by atoms with van der Waals surface area (Å²) < 4.78 is 36.7. The zero-order chi connectivity index (χ0) is 17.3. The van der Waals surface area contributed by atoms with Crippen LogP contribution in [0.1, 0.15) is 38.5 Å². The van der Waals surface area contributed by atoms with Crippen molar-refractivity contribution in [2.45, 2.75) is 50.7 Å². The number of hydrogen-bond acceptors (Lipinski definition) is 4. The Bertz CT molecular complexity index is 590. The van der Waals surface area contributed by atoms with Gasteiger partial charge in [-0.25, -0.2) is 4.79 Å². The first kappa shape index (κ1) is 17.0. The highest BCUT2D eigenvalue weighted by Crippen LogP contribution is 2.34. The first-order chi connectivity index (χ1) is 11.4. The number of hydrogen-bond donors (Lipinski definition) is 0. The molecule has 0 saturated carbocycles. The Morgan fingerprint density at radius 3 is 2.54 bits per heavy atom. The molecule has 0 aromatic carbocycles. The van der Waals surface area contributed by atoms with Crippen molar-refractivity contribution in [1.29, 1.82) is 0 Å². The predicted octanol–water partition coefficient (Wildman–Crippen LogP) is 2.70. The molecule has 1 aliphatic carbocycles. The van der Waals surface area contributed by atoms with Crippen LogP contribution in [0.25, 0.3) is 0 Å². The standard InChI is InChI=1S/C16H19F3N2O3/c17-16(18,19)15(23)24-20-9-7-12(8-10-20)21-13-4-2-1-3-11(13)5-6-14(21)22/h2,4,12H,1,3,5-10H2. The highest BCUT2D eigenvalue weighted by Gasteiger charge is 2.43. The topological polar surface area (TPSA) is 49.9 Å². The molecule has 0 atom stereocenters. The van der Waals surface area contributed by atoms with E-state index in [1.165, 1.54) is 5.57 Å². The van der Waals surface area contributed by atoms with Crippen molar-refractivity contribution in [3.8, 4) is 0 Å². The van der Waals surface area contributed by atoms with Crippen LogP contribution in [0.5, 0.6) is 0 Å². The van der Waals surface area contributed by atoms with Crippen LogP contribution in [0, 0.1) is 0 Å². The number of carbonyl (C=O) groups excluding carboxylic acids is 2. The van der Waals surface area contributed by atoms with E-state index in [-0.39, 0.29) is 25.0 Å². The average Bonchev–Trinajstić information content (AvgIpc) is 2.55. The highest BCUT2D eigenvalue weighted by atomic mass is 19.4. The van der Waals surface area contributed by atoms with Gasteiger partial charge in [-0.1, -0.05) is 6.08 Å². The Morgan fingerprint density at radius 1 is 1.17 bits per heavy atom. The zero-order valence-corrected chi connectivity index (χ0v) is 13.1. The van der Waals surface area contributed by atoms with Crippen molar-refractivity contribution in [2.24, 2.45) is 0 Å². The number of hydroxylamine groups is 2. The first-order valence-electron chi connectivity index (χ1n) is 8.11. The Labute approximate surface area is 137 Å². The molecule has 1 saturated heterocycles. The molecule has 0 unspecified atom stereocenters. The fraction of sp³-hybridized carbons (Fsp3) is 0.625. The van der Waals surface area contributed by atoms with Crippen LogP contribution < -0.4 is 0 Å². The predicted molar refractivity (Wildman–Crippen MR) is 78.2 cm³/mol. The summed E-state index contributed by atoms with van der Waals surface area (Å²) in [5.74, 6) is -2.14. The van der Waals surface area contributed by atoms with Gasteiger partial charge in [-0.2, -0.15) is 13.2 Å². The number of halogens is 3. The van der Waals surface area contributed by atoms with Gasteiger partial charge in [0.05, 0.1) is 0 Å². The van der Waals surface area contributed by atoms with Crippen LogP contribution in [0.3, 0.4) is 0 Å². The number of nitrogens with zero attached hydrogens (tertiary/aromatic N) is 2. The van der Waals surface area contributed by atoms with E-state index >= 15 is 0 Å². The molecule has 0 radical (unpaired) electrons. The Morgan fingerprint density at radius 2 is 1.88 bits per heavy atom. The van der Waals surface area contributed by atoms with E-state index in [1.54, 1.807) is 4.90 Å². The summed E-state index contributed by atoms with van der Waals surface area (Å²) >= 11 is 0. The normalized spacial score (nSPS) is 23.5. The third kappa shape index (κ3) is 3.48. The van der Waals surface area contributed by atoms with Gasteiger partial charge in [-0.15, -0.1) is 5.06 Å². The summed E-state index contributed by atoms with van der Waals surface area (Å²) in [4.78, 5) is 29.4. The van der Waals surface area contributed by atoms with E-state index in [0.29, 0.717) is 19.3 Å². The van der Waals surface area contributed by atoms with Crippen LogP contribution in [0.15, 0.2) is 23.4 Å². The third-order valence-electron chi connectivity index (χ3n) is 4.65. The van der Waals surface area contributed by atoms with Crippen LogP contribution >= 0.6 is 0 Å². The summed E-state index contributed by atoms with van der Waals surface area (Å²) in [5.41, 5.74) is 2.24. The molecule has 0 aromatic heterocycles. The van der Waals surface area contributed by atoms with Crippen LogP contribution in [0.4, 0.5) is 13.2 Å². The number of rotatable bonds is 2. The molecule has 24 heavy (non-hydrogen) atoms. The van der Waals surface area contributed by atoms with Crippen molar-refractivity contribution < 1.29 is 27.6 Å².